The lowest BCUT2D eigenvalue weighted by Gasteiger charge is -2.08. The van der Waals surface area contributed by atoms with E-state index in [2.05, 4.69) is 11.9 Å². The minimum absolute atomic E-state index is 0.0225. The Bertz CT molecular complexity index is 162. The molecule has 12 heavy (non-hydrogen) atoms. The third-order valence-corrected chi connectivity index (χ3v) is 1.87. The maximum absolute atomic E-state index is 11.2. The summed E-state index contributed by atoms with van der Waals surface area (Å²) in [5, 5.41) is 2.79. The Morgan fingerprint density at radius 2 is 2.58 bits per heavy atom. The fraction of sp³-hybridized carbons (Fsp3) is 0.667. The summed E-state index contributed by atoms with van der Waals surface area (Å²) in [4.78, 5) is 11.2. The van der Waals surface area contributed by atoms with E-state index in [1.807, 2.05) is 0 Å². The second-order valence-corrected chi connectivity index (χ2v) is 2.87. The standard InChI is InChI=1S/C9H15NO2/c1-2-3-6-10-9(11)8-5-4-7-12-8/h2,8H,1,3-7H2,(H,10,11)/t8-/m0/s1. The van der Waals surface area contributed by atoms with E-state index >= 15 is 0 Å². The van der Waals surface area contributed by atoms with Gasteiger partial charge >= 0.3 is 0 Å². The molecule has 3 heteroatoms. The van der Waals surface area contributed by atoms with Gasteiger partial charge in [0, 0.05) is 13.2 Å². The highest BCUT2D eigenvalue weighted by atomic mass is 16.5. The molecule has 1 amide bonds. The number of hydrogen-bond acceptors (Lipinski definition) is 2. The van der Waals surface area contributed by atoms with Crippen LogP contribution < -0.4 is 5.32 Å². The van der Waals surface area contributed by atoms with Crippen LogP contribution in [0.2, 0.25) is 0 Å². The number of rotatable bonds is 4. The van der Waals surface area contributed by atoms with Gasteiger partial charge in [0.05, 0.1) is 0 Å². The first kappa shape index (κ1) is 9.26. The Morgan fingerprint density at radius 1 is 1.75 bits per heavy atom. The van der Waals surface area contributed by atoms with Crippen molar-refractivity contribution >= 4 is 5.91 Å². The van der Waals surface area contributed by atoms with Crippen LogP contribution in [-0.2, 0) is 9.53 Å². The minimum atomic E-state index is -0.199. The third-order valence-electron chi connectivity index (χ3n) is 1.87. The molecule has 1 aliphatic heterocycles. The summed E-state index contributed by atoms with van der Waals surface area (Å²) < 4.78 is 5.21. The zero-order valence-corrected chi connectivity index (χ0v) is 7.21. The van der Waals surface area contributed by atoms with Crippen molar-refractivity contribution in [2.45, 2.75) is 25.4 Å². The third kappa shape index (κ3) is 2.66. The van der Waals surface area contributed by atoms with Crippen LogP contribution in [0.3, 0.4) is 0 Å². The van der Waals surface area contributed by atoms with Crippen LogP contribution in [-0.4, -0.2) is 25.2 Å². The van der Waals surface area contributed by atoms with Gasteiger partial charge in [0.25, 0.3) is 0 Å². The van der Waals surface area contributed by atoms with Crippen molar-refractivity contribution in [3.8, 4) is 0 Å². The molecule has 68 valence electrons. The quantitative estimate of drug-likeness (QED) is 0.500. The molecule has 1 N–H and O–H groups in total. The van der Waals surface area contributed by atoms with Crippen LogP contribution in [0.1, 0.15) is 19.3 Å². The van der Waals surface area contributed by atoms with E-state index in [4.69, 9.17) is 4.74 Å². The van der Waals surface area contributed by atoms with Crippen LogP contribution in [0.25, 0.3) is 0 Å². The van der Waals surface area contributed by atoms with Crippen molar-refractivity contribution in [1.82, 2.24) is 5.32 Å². The monoisotopic (exact) mass is 169 g/mol. The van der Waals surface area contributed by atoms with E-state index < -0.39 is 0 Å². The number of carbonyl (C=O) groups excluding carboxylic acids is 1. The molecule has 0 unspecified atom stereocenters. The number of hydrogen-bond donors (Lipinski definition) is 1. The van der Waals surface area contributed by atoms with E-state index in [0.717, 1.165) is 25.9 Å². The average Bonchev–Trinajstić information content (AvgIpc) is 2.56. The van der Waals surface area contributed by atoms with Gasteiger partial charge < -0.3 is 10.1 Å². The molecule has 0 spiro atoms. The first-order valence-electron chi connectivity index (χ1n) is 4.35. The number of ether oxygens (including phenoxy) is 1. The molecule has 1 atom stereocenters. The van der Waals surface area contributed by atoms with Crippen LogP contribution in [0.4, 0.5) is 0 Å². The van der Waals surface area contributed by atoms with Gasteiger partial charge in [0.2, 0.25) is 5.91 Å². The average molecular weight is 169 g/mol. The first-order valence-corrected chi connectivity index (χ1v) is 4.35. The van der Waals surface area contributed by atoms with Crippen molar-refractivity contribution in [2.24, 2.45) is 0 Å². The van der Waals surface area contributed by atoms with Gasteiger partial charge in [-0.1, -0.05) is 6.08 Å². The molecular weight excluding hydrogens is 154 g/mol. The zero-order valence-electron chi connectivity index (χ0n) is 7.21. The number of nitrogens with one attached hydrogen (secondary N) is 1. The molecule has 0 bridgehead atoms. The normalized spacial score (nSPS) is 22.2. The summed E-state index contributed by atoms with van der Waals surface area (Å²) in [5.41, 5.74) is 0. The summed E-state index contributed by atoms with van der Waals surface area (Å²) in [6.45, 7) is 4.96. The van der Waals surface area contributed by atoms with Crippen LogP contribution in [0.5, 0.6) is 0 Å². The fourth-order valence-corrected chi connectivity index (χ4v) is 1.20. The maximum atomic E-state index is 11.2. The molecular formula is C9H15NO2. The van der Waals surface area contributed by atoms with E-state index in [0.29, 0.717) is 6.54 Å². The molecule has 1 heterocycles. The van der Waals surface area contributed by atoms with Crippen molar-refractivity contribution in [2.75, 3.05) is 13.2 Å². The van der Waals surface area contributed by atoms with E-state index in [1.165, 1.54) is 0 Å². The van der Waals surface area contributed by atoms with E-state index in [-0.39, 0.29) is 12.0 Å². The summed E-state index contributed by atoms with van der Waals surface area (Å²) in [6, 6.07) is 0. The molecule has 1 rings (SSSR count). The number of carbonyl (C=O) groups is 1. The van der Waals surface area contributed by atoms with Crippen molar-refractivity contribution in [1.29, 1.82) is 0 Å². The minimum Gasteiger partial charge on any atom is -0.368 e. The fourth-order valence-electron chi connectivity index (χ4n) is 1.20. The lowest BCUT2D eigenvalue weighted by atomic mass is 10.2. The molecule has 0 aromatic rings. The molecule has 1 saturated heterocycles. The highest BCUT2D eigenvalue weighted by Crippen LogP contribution is 2.11. The van der Waals surface area contributed by atoms with E-state index in [9.17, 15) is 4.79 Å². The van der Waals surface area contributed by atoms with Gasteiger partial charge in [0.15, 0.2) is 0 Å². The highest BCUT2D eigenvalue weighted by Gasteiger charge is 2.22. The molecule has 0 radical (unpaired) electrons. The van der Waals surface area contributed by atoms with Gasteiger partial charge in [-0.05, 0) is 19.3 Å². The topological polar surface area (TPSA) is 38.3 Å². The van der Waals surface area contributed by atoms with Gasteiger partial charge in [-0.3, -0.25) is 4.79 Å². The van der Waals surface area contributed by atoms with Gasteiger partial charge in [0.1, 0.15) is 6.10 Å². The van der Waals surface area contributed by atoms with Crippen molar-refractivity contribution in [3.63, 3.8) is 0 Å². The molecule has 0 aromatic carbocycles. The van der Waals surface area contributed by atoms with Crippen LogP contribution in [0, 0.1) is 0 Å². The molecule has 0 aromatic heterocycles. The Balaban J connectivity index is 2.14. The lowest BCUT2D eigenvalue weighted by Crippen LogP contribution is -2.34. The molecule has 1 aliphatic rings. The second kappa shape index (κ2) is 4.93. The Kier molecular flexibility index (Phi) is 3.80. The number of amides is 1. The van der Waals surface area contributed by atoms with Gasteiger partial charge in [-0.2, -0.15) is 0 Å². The largest absolute Gasteiger partial charge is 0.368 e. The Labute approximate surface area is 72.8 Å². The summed E-state index contributed by atoms with van der Waals surface area (Å²) >= 11 is 0. The predicted octanol–water partition coefficient (Wildman–Crippen LogP) is 0.858. The molecule has 0 aliphatic carbocycles. The molecule has 3 nitrogen and oxygen atoms in total. The first-order chi connectivity index (χ1) is 5.84. The SMILES string of the molecule is C=CCCNC(=O)[C@@H]1CCCO1. The smallest absolute Gasteiger partial charge is 0.249 e. The van der Waals surface area contributed by atoms with Crippen molar-refractivity contribution < 1.29 is 9.53 Å². The van der Waals surface area contributed by atoms with Crippen LogP contribution >= 0.6 is 0 Å². The highest BCUT2D eigenvalue weighted by molar-refractivity contribution is 5.80. The van der Waals surface area contributed by atoms with Gasteiger partial charge in [-0.15, -0.1) is 6.58 Å². The van der Waals surface area contributed by atoms with Crippen molar-refractivity contribution in [3.05, 3.63) is 12.7 Å². The second-order valence-electron chi connectivity index (χ2n) is 2.87. The Morgan fingerprint density at radius 3 is 3.17 bits per heavy atom. The maximum Gasteiger partial charge on any atom is 0.249 e. The molecule has 0 saturated carbocycles. The van der Waals surface area contributed by atoms with E-state index in [1.54, 1.807) is 6.08 Å². The predicted molar refractivity (Wildman–Crippen MR) is 46.8 cm³/mol. The lowest BCUT2D eigenvalue weighted by molar-refractivity contribution is -0.129. The summed E-state index contributed by atoms with van der Waals surface area (Å²) in [7, 11) is 0. The van der Waals surface area contributed by atoms with Crippen LogP contribution in [0.15, 0.2) is 12.7 Å². The van der Waals surface area contributed by atoms with Gasteiger partial charge in [-0.25, -0.2) is 0 Å². The Hall–Kier alpha value is -0.830. The molecule has 1 fully saturated rings. The zero-order chi connectivity index (χ0) is 8.81. The summed E-state index contributed by atoms with van der Waals surface area (Å²) in [6.07, 6.45) is 4.27. The summed E-state index contributed by atoms with van der Waals surface area (Å²) in [5.74, 6) is 0.0225.